The van der Waals surface area contributed by atoms with Crippen molar-refractivity contribution >= 4 is 32.9 Å². The zero-order chi connectivity index (χ0) is 10.5. The van der Waals surface area contributed by atoms with Crippen molar-refractivity contribution in [3.63, 3.8) is 0 Å². The predicted octanol–water partition coefficient (Wildman–Crippen LogP) is 2.80. The molecule has 1 aromatic carbocycles. The summed E-state index contributed by atoms with van der Waals surface area (Å²) < 4.78 is 1.35. The maximum absolute atomic E-state index is 4.41. The molecule has 76 valence electrons. The zero-order valence-corrected chi connectivity index (χ0v) is 9.29. The summed E-state index contributed by atoms with van der Waals surface area (Å²) in [5, 5.41) is 5.67. The quantitative estimate of drug-likeness (QED) is 0.458. The van der Waals surface area contributed by atoms with Gasteiger partial charge in [0.1, 0.15) is 5.69 Å². The first kappa shape index (κ1) is 8.44. The number of benzene rings is 1. The Labute approximate surface area is 96.6 Å². The lowest BCUT2D eigenvalue weighted by Crippen LogP contribution is -2.69. The van der Waals surface area contributed by atoms with Gasteiger partial charge in [-0.3, -0.25) is 5.32 Å². The second kappa shape index (κ2) is 2.90. The molecule has 0 fully saturated rings. The van der Waals surface area contributed by atoms with Crippen LogP contribution in [0.25, 0.3) is 21.2 Å². The van der Waals surface area contributed by atoms with E-state index in [4.69, 9.17) is 0 Å². The molecular weight excluding hydrogens is 216 g/mol. The van der Waals surface area contributed by atoms with E-state index < -0.39 is 0 Å². The van der Waals surface area contributed by atoms with E-state index in [2.05, 4.69) is 39.9 Å². The molecule has 2 N–H and O–H groups in total. The van der Waals surface area contributed by atoms with Gasteiger partial charge in [0, 0.05) is 22.3 Å². The van der Waals surface area contributed by atoms with Gasteiger partial charge in [-0.2, -0.15) is 0 Å². The SMILES string of the molecule is c1cnc2c(c1)-c1c(ccc3sccc13)[NH2+]2. The molecule has 1 aliphatic heterocycles. The van der Waals surface area contributed by atoms with E-state index in [0.717, 1.165) is 5.82 Å². The molecule has 0 radical (unpaired) electrons. The monoisotopic (exact) mass is 225 g/mol. The van der Waals surface area contributed by atoms with Gasteiger partial charge >= 0.3 is 0 Å². The van der Waals surface area contributed by atoms with Crippen LogP contribution in [0.15, 0.2) is 41.9 Å². The smallest absolute Gasteiger partial charge is 0.237 e. The minimum atomic E-state index is 1.09. The molecule has 4 rings (SSSR count). The van der Waals surface area contributed by atoms with Crippen LogP contribution >= 0.6 is 11.3 Å². The van der Waals surface area contributed by atoms with E-state index in [1.807, 2.05) is 12.3 Å². The van der Waals surface area contributed by atoms with Crippen LogP contribution in [-0.4, -0.2) is 4.98 Å². The van der Waals surface area contributed by atoms with Crippen LogP contribution in [0, 0.1) is 0 Å². The van der Waals surface area contributed by atoms with Gasteiger partial charge in [-0.25, -0.2) is 4.98 Å². The molecule has 0 atom stereocenters. The van der Waals surface area contributed by atoms with E-state index >= 15 is 0 Å². The topological polar surface area (TPSA) is 29.5 Å². The number of fused-ring (bicyclic) bond motifs is 5. The average molecular weight is 225 g/mol. The molecule has 3 heteroatoms. The van der Waals surface area contributed by atoms with Crippen molar-refractivity contribution < 1.29 is 5.32 Å². The highest BCUT2D eigenvalue weighted by molar-refractivity contribution is 7.17. The van der Waals surface area contributed by atoms with Gasteiger partial charge < -0.3 is 0 Å². The minimum Gasteiger partial charge on any atom is -0.264 e. The summed E-state index contributed by atoms with van der Waals surface area (Å²) in [6.07, 6.45) is 1.85. The maximum Gasteiger partial charge on any atom is 0.237 e. The standard InChI is InChI=1S/C13H8N2S/c1-2-9-12-8-5-7-16-11(8)4-3-10(12)15-13(9)14-6-1/h1-7H,(H,14,15)/p+1. The van der Waals surface area contributed by atoms with Gasteiger partial charge in [-0.1, -0.05) is 0 Å². The lowest BCUT2D eigenvalue weighted by atomic mass is 10.0. The summed E-state index contributed by atoms with van der Waals surface area (Å²) in [5.41, 5.74) is 3.91. The Bertz CT molecular complexity index is 700. The number of rotatable bonds is 0. The summed E-state index contributed by atoms with van der Waals surface area (Å²) in [6, 6.07) is 10.8. The van der Waals surface area contributed by atoms with E-state index in [9.17, 15) is 0 Å². The Hall–Kier alpha value is -1.71. The number of aromatic nitrogens is 1. The Kier molecular flexibility index (Phi) is 1.53. The highest BCUT2D eigenvalue weighted by Gasteiger charge is 2.26. The second-order valence-corrected chi connectivity index (χ2v) is 4.89. The Morgan fingerprint density at radius 2 is 2.12 bits per heavy atom. The van der Waals surface area contributed by atoms with Crippen LogP contribution in [0.2, 0.25) is 0 Å². The third-order valence-electron chi connectivity index (χ3n) is 3.07. The molecule has 0 saturated heterocycles. The Balaban J connectivity index is 2.18. The van der Waals surface area contributed by atoms with Gasteiger partial charge in [-0.15, -0.1) is 11.3 Å². The zero-order valence-electron chi connectivity index (χ0n) is 8.47. The molecule has 0 spiro atoms. The Morgan fingerprint density at radius 3 is 3.12 bits per heavy atom. The first-order valence-corrected chi connectivity index (χ1v) is 6.12. The summed E-state index contributed by atoms with van der Waals surface area (Å²) in [6.45, 7) is 0. The highest BCUT2D eigenvalue weighted by atomic mass is 32.1. The van der Waals surface area contributed by atoms with Crippen LogP contribution in [-0.2, 0) is 0 Å². The minimum absolute atomic E-state index is 1.09. The van der Waals surface area contributed by atoms with Crippen molar-refractivity contribution in [2.75, 3.05) is 0 Å². The van der Waals surface area contributed by atoms with E-state index in [-0.39, 0.29) is 0 Å². The summed E-state index contributed by atoms with van der Waals surface area (Å²) in [4.78, 5) is 4.41. The van der Waals surface area contributed by atoms with Crippen LogP contribution in [0.5, 0.6) is 0 Å². The molecule has 3 aromatic rings. The van der Waals surface area contributed by atoms with Gasteiger partial charge in [-0.05, 0) is 29.6 Å². The lowest BCUT2D eigenvalue weighted by molar-refractivity contribution is -0.477. The summed E-state index contributed by atoms with van der Waals surface area (Å²) in [5.74, 6) is 1.09. The molecule has 3 heterocycles. The molecule has 2 nitrogen and oxygen atoms in total. The van der Waals surface area contributed by atoms with Crippen LogP contribution in [0.4, 0.5) is 11.5 Å². The fraction of sp³-hybridized carbons (Fsp3) is 0. The van der Waals surface area contributed by atoms with Gasteiger partial charge in [0.15, 0.2) is 0 Å². The largest absolute Gasteiger partial charge is 0.264 e. The number of nitrogens with two attached hydrogens (primary N) is 1. The summed E-state index contributed by atoms with van der Waals surface area (Å²) in [7, 11) is 0. The van der Waals surface area contributed by atoms with Crippen LogP contribution in [0.3, 0.4) is 0 Å². The van der Waals surface area contributed by atoms with Gasteiger partial charge in [0.25, 0.3) is 0 Å². The molecule has 1 aliphatic rings. The van der Waals surface area contributed by atoms with Crippen LogP contribution in [0.1, 0.15) is 0 Å². The highest BCUT2D eigenvalue weighted by Crippen LogP contribution is 2.40. The van der Waals surface area contributed by atoms with Crippen molar-refractivity contribution in [2.45, 2.75) is 0 Å². The molecule has 0 unspecified atom stereocenters. The predicted molar refractivity (Wildman–Crippen MR) is 66.3 cm³/mol. The lowest BCUT2D eigenvalue weighted by Gasteiger charge is -1.96. The van der Waals surface area contributed by atoms with Gasteiger partial charge in [0.2, 0.25) is 5.82 Å². The number of quaternary nitrogens is 1. The molecule has 0 aliphatic carbocycles. The third-order valence-corrected chi connectivity index (χ3v) is 3.95. The second-order valence-electron chi connectivity index (χ2n) is 3.94. The van der Waals surface area contributed by atoms with Gasteiger partial charge in [0.05, 0.1) is 11.1 Å². The van der Waals surface area contributed by atoms with Crippen molar-refractivity contribution in [3.05, 3.63) is 41.9 Å². The molecular formula is C13H9N2S+. The molecule has 16 heavy (non-hydrogen) atoms. The van der Waals surface area contributed by atoms with Crippen molar-refractivity contribution in [3.8, 4) is 11.1 Å². The fourth-order valence-electron chi connectivity index (χ4n) is 2.37. The van der Waals surface area contributed by atoms with Crippen molar-refractivity contribution in [1.29, 1.82) is 0 Å². The third kappa shape index (κ3) is 0.965. The number of nitrogens with zero attached hydrogens (tertiary/aromatic N) is 1. The van der Waals surface area contributed by atoms with Crippen molar-refractivity contribution in [1.82, 2.24) is 4.98 Å². The van der Waals surface area contributed by atoms with E-state index in [1.54, 1.807) is 11.3 Å². The number of hydrogen-bond donors (Lipinski definition) is 1. The van der Waals surface area contributed by atoms with E-state index in [1.165, 1.54) is 26.9 Å². The average Bonchev–Trinajstić information content (AvgIpc) is 2.91. The molecule has 0 amide bonds. The molecule has 0 bridgehead atoms. The maximum atomic E-state index is 4.41. The number of hydrogen-bond acceptors (Lipinski definition) is 2. The first-order chi connectivity index (χ1) is 7.93. The number of pyridine rings is 1. The van der Waals surface area contributed by atoms with E-state index in [0.29, 0.717) is 0 Å². The van der Waals surface area contributed by atoms with Crippen molar-refractivity contribution in [2.24, 2.45) is 0 Å². The normalized spacial score (nSPS) is 12.8. The Morgan fingerprint density at radius 1 is 1.12 bits per heavy atom. The molecule has 2 aromatic heterocycles. The summed E-state index contributed by atoms with van der Waals surface area (Å²) >= 11 is 1.79. The van der Waals surface area contributed by atoms with Crippen LogP contribution < -0.4 is 5.32 Å². The first-order valence-electron chi connectivity index (χ1n) is 5.24. The molecule has 0 saturated carbocycles. The fourth-order valence-corrected chi connectivity index (χ4v) is 3.17. The number of thiophene rings is 1.